The third kappa shape index (κ3) is 5.64. The van der Waals surface area contributed by atoms with Crippen LogP contribution in [0.5, 0.6) is 0 Å². The van der Waals surface area contributed by atoms with Crippen LogP contribution >= 0.6 is 11.3 Å². The number of aryl methyl sites for hydroxylation is 2. The highest BCUT2D eigenvalue weighted by Gasteiger charge is 1.94. The molecule has 2 heterocycles. The minimum Gasteiger partial charge on any atom is -0.159 e. The van der Waals surface area contributed by atoms with Gasteiger partial charge in [0.05, 0.1) is 6.20 Å². The summed E-state index contributed by atoms with van der Waals surface area (Å²) < 4.78 is 1.39. The molecule has 0 amide bonds. The number of thiophene rings is 1. The highest BCUT2D eigenvalue weighted by Crippen LogP contribution is 2.21. The Kier molecular flexibility index (Phi) is 8.29. The lowest BCUT2D eigenvalue weighted by molar-refractivity contribution is 0.983. The summed E-state index contributed by atoms with van der Waals surface area (Å²) in [4.78, 5) is 0. The Labute approximate surface area is 131 Å². The molecule has 2 nitrogen and oxygen atoms in total. The molecule has 0 fully saturated rings. The second kappa shape index (κ2) is 10.1. The Morgan fingerprint density at radius 2 is 1.67 bits per heavy atom. The van der Waals surface area contributed by atoms with Crippen LogP contribution in [-0.2, 0) is 12.8 Å². The van der Waals surface area contributed by atoms with Crippen molar-refractivity contribution in [2.45, 2.75) is 40.5 Å². The molecule has 1 aromatic carbocycles. The van der Waals surface area contributed by atoms with E-state index in [0.717, 1.165) is 12.8 Å². The smallest absolute Gasteiger partial charge is 0.0528 e. The van der Waals surface area contributed by atoms with E-state index in [1.54, 1.807) is 23.7 Å². The third-order valence-corrected chi connectivity index (χ3v) is 3.88. The standard InChI is InChI=1S/C10H10S.C6H8N2.C2H6/c1-2-8-3-4-10-9(7-8)5-6-11-10;1-2-6-3-4-7-8-5-6;1-2/h3-7H,2H2,1H3;3-5H,2H2,1H3;1-2H3. The molecule has 0 unspecified atom stereocenters. The Balaban J connectivity index is 0.000000196. The van der Waals surface area contributed by atoms with Crippen LogP contribution in [0.25, 0.3) is 10.1 Å². The van der Waals surface area contributed by atoms with Crippen molar-refractivity contribution >= 4 is 21.4 Å². The first kappa shape index (κ1) is 17.3. The van der Waals surface area contributed by atoms with Crippen LogP contribution in [0.15, 0.2) is 48.1 Å². The summed E-state index contributed by atoms with van der Waals surface area (Å²) >= 11 is 1.81. The number of hydrogen-bond donors (Lipinski definition) is 0. The van der Waals surface area contributed by atoms with Crippen molar-refractivity contribution in [3.05, 3.63) is 59.2 Å². The van der Waals surface area contributed by atoms with E-state index in [0.29, 0.717) is 0 Å². The summed E-state index contributed by atoms with van der Waals surface area (Å²) in [6, 6.07) is 10.8. The quantitative estimate of drug-likeness (QED) is 0.622. The van der Waals surface area contributed by atoms with E-state index in [-0.39, 0.29) is 0 Å². The molecule has 3 heteroatoms. The Bertz CT molecular complexity index is 617. The fraction of sp³-hybridized carbons (Fsp3) is 0.333. The van der Waals surface area contributed by atoms with Gasteiger partial charge in [-0.2, -0.15) is 10.2 Å². The lowest BCUT2D eigenvalue weighted by Gasteiger charge is -1.94. The van der Waals surface area contributed by atoms with Crippen LogP contribution in [0.4, 0.5) is 0 Å². The van der Waals surface area contributed by atoms with Crippen LogP contribution in [0, 0.1) is 0 Å². The van der Waals surface area contributed by atoms with E-state index in [9.17, 15) is 0 Å². The van der Waals surface area contributed by atoms with Gasteiger partial charge in [0.2, 0.25) is 0 Å². The lowest BCUT2D eigenvalue weighted by Crippen LogP contribution is -1.82. The first-order valence-electron chi connectivity index (χ1n) is 7.55. The summed E-state index contributed by atoms with van der Waals surface area (Å²) in [5, 5.41) is 10.9. The predicted octanol–water partition coefficient (Wildman–Crippen LogP) is 5.53. The Morgan fingerprint density at radius 1 is 0.905 bits per heavy atom. The molecule has 2 aromatic heterocycles. The predicted molar refractivity (Wildman–Crippen MR) is 94.0 cm³/mol. The molecule has 21 heavy (non-hydrogen) atoms. The number of aromatic nitrogens is 2. The van der Waals surface area contributed by atoms with E-state index in [1.165, 1.54) is 21.2 Å². The number of fused-ring (bicyclic) bond motifs is 1. The van der Waals surface area contributed by atoms with Crippen molar-refractivity contribution in [2.75, 3.05) is 0 Å². The van der Waals surface area contributed by atoms with Gasteiger partial charge in [0.25, 0.3) is 0 Å². The van der Waals surface area contributed by atoms with Crippen molar-refractivity contribution < 1.29 is 0 Å². The van der Waals surface area contributed by atoms with Gasteiger partial charge in [-0.1, -0.05) is 39.8 Å². The molecule has 112 valence electrons. The van der Waals surface area contributed by atoms with Crippen molar-refractivity contribution in [3.8, 4) is 0 Å². The van der Waals surface area contributed by atoms with E-state index in [2.05, 4.69) is 53.7 Å². The fourth-order valence-electron chi connectivity index (χ4n) is 1.76. The molecule has 0 N–H and O–H groups in total. The SMILES string of the molecule is CC.CCc1ccc2sccc2c1.CCc1ccnnc1. The largest absolute Gasteiger partial charge is 0.159 e. The number of rotatable bonds is 2. The lowest BCUT2D eigenvalue weighted by atomic mass is 10.1. The first-order chi connectivity index (χ1) is 10.3. The molecular formula is C18H24N2S. The van der Waals surface area contributed by atoms with Crippen molar-refractivity contribution in [3.63, 3.8) is 0 Å². The maximum atomic E-state index is 3.71. The molecule has 0 aliphatic carbocycles. The second-order valence-corrected chi connectivity index (χ2v) is 5.20. The summed E-state index contributed by atoms with van der Waals surface area (Å²) in [7, 11) is 0. The Hall–Kier alpha value is -1.74. The minimum atomic E-state index is 1.04. The van der Waals surface area contributed by atoms with E-state index in [4.69, 9.17) is 0 Å². The van der Waals surface area contributed by atoms with Crippen LogP contribution in [0.2, 0.25) is 0 Å². The molecule has 0 bridgehead atoms. The number of nitrogens with zero attached hydrogens (tertiary/aromatic N) is 2. The van der Waals surface area contributed by atoms with Gasteiger partial charge < -0.3 is 0 Å². The molecule has 0 aliphatic rings. The highest BCUT2D eigenvalue weighted by molar-refractivity contribution is 7.17. The van der Waals surface area contributed by atoms with Gasteiger partial charge in [0.1, 0.15) is 0 Å². The van der Waals surface area contributed by atoms with Gasteiger partial charge in [-0.25, -0.2) is 0 Å². The van der Waals surface area contributed by atoms with Crippen LogP contribution in [-0.4, -0.2) is 10.2 Å². The number of benzene rings is 1. The molecule has 0 spiro atoms. The molecule has 3 rings (SSSR count). The number of hydrogen-bond acceptors (Lipinski definition) is 3. The average molecular weight is 300 g/mol. The van der Waals surface area contributed by atoms with Gasteiger partial charge in [-0.3, -0.25) is 0 Å². The van der Waals surface area contributed by atoms with Gasteiger partial charge in [0, 0.05) is 10.9 Å². The van der Waals surface area contributed by atoms with Crippen molar-refractivity contribution in [1.82, 2.24) is 10.2 Å². The molecule has 0 atom stereocenters. The van der Waals surface area contributed by atoms with Gasteiger partial charge in [0.15, 0.2) is 0 Å². The van der Waals surface area contributed by atoms with E-state index >= 15 is 0 Å². The Morgan fingerprint density at radius 3 is 2.24 bits per heavy atom. The summed E-state index contributed by atoms with van der Waals surface area (Å²) in [6.45, 7) is 8.28. The molecule has 0 aliphatic heterocycles. The zero-order valence-electron chi connectivity index (χ0n) is 13.3. The summed E-state index contributed by atoms with van der Waals surface area (Å²) in [5.74, 6) is 0. The van der Waals surface area contributed by atoms with Crippen molar-refractivity contribution in [1.29, 1.82) is 0 Å². The highest BCUT2D eigenvalue weighted by atomic mass is 32.1. The zero-order valence-corrected chi connectivity index (χ0v) is 14.2. The third-order valence-electron chi connectivity index (χ3n) is 2.98. The molecule has 3 aromatic rings. The maximum absolute atomic E-state index is 3.71. The molecule has 0 saturated carbocycles. The normalized spacial score (nSPS) is 9.33. The topological polar surface area (TPSA) is 25.8 Å². The summed E-state index contributed by atoms with van der Waals surface area (Å²) in [5.41, 5.74) is 2.66. The second-order valence-electron chi connectivity index (χ2n) is 4.25. The van der Waals surface area contributed by atoms with Crippen LogP contribution in [0.1, 0.15) is 38.8 Å². The average Bonchev–Trinajstić information content (AvgIpc) is 3.05. The van der Waals surface area contributed by atoms with Crippen LogP contribution in [0.3, 0.4) is 0 Å². The van der Waals surface area contributed by atoms with E-state index < -0.39 is 0 Å². The van der Waals surface area contributed by atoms with Gasteiger partial charge in [-0.15, -0.1) is 11.3 Å². The molecule has 0 saturated heterocycles. The van der Waals surface area contributed by atoms with Crippen LogP contribution < -0.4 is 0 Å². The van der Waals surface area contributed by atoms with Crippen molar-refractivity contribution in [2.24, 2.45) is 0 Å². The van der Waals surface area contributed by atoms with E-state index in [1.807, 2.05) is 19.9 Å². The first-order valence-corrected chi connectivity index (χ1v) is 8.43. The fourth-order valence-corrected chi connectivity index (χ4v) is 2.53. The van der Waals surface area contributed by atoms with Gasteiger partial charge >= 0.3 is 0 Å². The van der Waals surface area contributed by atoms with Gasteiger partial charge in [-0.05, 0) is 52.9 Å². The molecule has 0 radical (unpaired) electrons. The monoisotopic (exact) mass is 300 g/mol. The maximum Gasteiger partial charge on any atom is 0.0528 e. The molecular weight excluding hydrogens is 276 g/mol. The minimum absolute atomic E-state index is 1.04. The summed E-state index contributed by atoms with van der Waals surface area (Å²) in [6.07, 6.45) is 5.65. The zero-order chi connectivity index (χ0) is 15.5.